The van der Waals surface area contributed by atoms with E-state index in [1.165, 1.54) is 89.5 Å². The fraction of sp³-hybridized carbons (Fsp3) is 0.380. The van der Waals surface area contributed by atoms with Gasteiger partial charge in [-0.25, -0.2) is 4.79 Å². The van der Waals surface area contributed by atoms with Gasteiger partial charge in [-0.2, -0.15) is 98.0 Å². The summed E-state index contributed by atoms with van der Waals surface area (Å²) in [6.45, 7) is -0.876. The molecule has 0 atom stereocenters. The Morgan fingerprint density at radius 3 is 1.22 bits per heavy atom. The molecular formula is C71H68F18N4O8S. The number of carbonyl (C=O) groups is 1. The molecule has 7 aromatic rings. The molecule has 0 unspecified atom stereocenters. The van der Waals surface area contributed by atoms with E-state index < -0.39 is 133 Å². The molecular weight excluding hydrogens is 1410 g/mol. The number of nitrogens with zero attached hydrogens (tertiary/aromatic N) is 3. The van der Waals surface area contributed by atoms with Crippen LogP contribution in [0.5, 0.6) is 5.75 Å². The zero-order chi connectivity index (χ0) is 76.3. The molecule has 5 N–H and O–H groups in total. The van der Waals surface area contributed by atoms with E-state index in [0.29, 0.717) is 37.8 Å². The molecule has 0 bridgehead atoms. The number of halogens is 18. The van der Waals surface area contributed by atoms with Crippen molar-refractivity contribution in [2.75, 3.05) is 12.8 Å². The fourth-order valence-corrected chi connectivity index (χ4v) is 12.8. The number of hydrogen-bond donors (Lipinski definition) is 4. The van der Waals surface area contributed by atoms with E-state index in [0.717, 1.165) is 106 Å². The number of aromatic nitrogens is 1. The summed E-state index contributed by atoms with van der Waals surface area (Å²) >= 11 is 0. The van der Waals surface area contributed by atoms with Crippen molar-refractivity contribution in [1.29, 1.82) is 10.5 Å². The second-order valence-electron chi connectivity index (χ2n) is 24.0. The maximum absolute atomic E-state index is 13.5. The number of alkyl halides is 18. The predicted molar refractivity (Wildman–Crippen MR) is 338 cm³/mol. The van der Waals surface area contributed by atoms with Crippen LogP contribution in [-0.4, -0.2) is 47.1 Å². The molecule has 0 radical (unpaired) electrons. The van der Waals surface area contributed by atoms with Crippen LogP contribution >= 0.6 is 0 Å². The summed E-state index contributed by atoms with van der Waals surface area (Å²) in [6, 6.07) is 35.2. The van der Waals surface area contributed by atoms with Crippen LogP contribution in [0.3, 0.4) is 0 Å². The topological polar surface area (TPSA) is 217 Å². The first kappa shape index (κ1) is 83.7. The summed E-state index contributed by atoms with van der Waals surface area (Å²) in [5, 5.41) is 45.0. The summed E-state index contributed by atoms with van der Waals surface area (Å²) in [7, 11) is -3.75. The van der Waals surface area contributed by atoms with E-state index in [4.69, 9.17) is 21.2 Å². The molecule has 0 aliphatic heterocycles. The highest BCUT2D eigenvalue weighted by Gasteiger charge is 2.46. The first-order chi connectivity index (χ1) is 47.4. The number of pyridine rings is 1. The molecule has 102 heavy (non-hydrogen) atoms. The van der Waals surface area contributed by atoms with Gasteiger partial charge in [-0.1, -0.05) is 148 Å². The number of aliphatic hydroxyl groups excluding tert-OH is 1. The third kappa shape index (κ3) is 22.8. The first-order valence-electron chi connectivity index (χ1n) is 31.0. The molecule has 10 rings (SSSR count). The van der Waals surface area contributed by atoms with Gasteiger partial charge in [0.15, 0.2) is 5.75 Å². The number of nitrogens with two attached hydrogens (primary N) is 1. The Hall–Kier alpha value is -8.91. The van der Waals surface area contributed by atoms with Crippen LogP contribution in [0.25, 0.3) is 0 Å². The van der Waals surface area contributed by atoms with E-state index in [-0.39, 0.29) is 40.8 Å². The van der Waals surface area contributed by atoms with Crippen LogP contribution in [0, 0.1) is 22.7 Å². The first-order valence-corrected chi connectivity index (χ1v) is 32.8. The average molecular weight is 1480 g/mol. The third-order valence-corrected chi connectivity index (χ3v) is 17.7. The van der Waals surface area contributed by atoms with Gasteiger partial charge in [0.2, 0.25) is 5.43 Å². The molecule has 0 amide bonds. The van der Waals surface area contributed by atoms with Crippen LogP contribution in [0.2, 0.25) is 0 Å². The van der Waals surface area contributed by atoms with Crippen LogP contribution in [0.15, 0.2) is 163 Å². The lowest BCUT2D eigenvalue weighted by Crippen LogP contribution is -2.34. The van der Waals surface area contributed by atoms with Crippen molar-refractivity contribution in [3.8, 4) is 17.9 Å². The van der Waals surface area contributed by atoms with Crippen LogP contribution in [-0.2, 0) is 93.8 Å². The minimum absolute atomic E-state index is 0.0255. The number of aliphatic hydroxyl groups is 1. The highest BCUT2D eigenvalue weighted by molar-refractivity contribution is 7.85. The Kier molecular flexibility index (Phi) is 28.6. The molecule has 1 aromatic heterocycles. The number of rotatable bonds is 12. The Bertz CT molecular complexity index is 4190. The molecule has 6 aromatic carbocycles. The average Bonchev–Trinajstić information content (AvgIpc) is 1.47. The largest absolute Gasteiger partial charge is 0.503 e. The minimum atomic E-state index is -4.52. The van der Waals surface area contributed by atoms with E-state index in [9.17, 15) is 107 Å². The number of carboxylic acid groups (broad SMARTS) is 1. The number of aromatic hydroxyl groups is 1. The van der Waals surface area contributed by atoms with Gasteiger partial charge in [0.1, 0.15) is 5.56 Å². The number of carboxylic acids is 1. The molecule has 1 heterocycles. The number of nitriles is 2. The highest BCUT2D eigenvalue weighted by Crippen LogP contribution is 2.49. The van der Waals surface area contributed by atoms with Crippen molar-refractivity contribution in [3.63, 3.8) is 0 Å². The van der Waals surface area contributed by atoms with Crippen molar-refractivity contribution in [1.82, 2.24) is 4.57 Å². The normalized spacial score (nSPS) is 15.5. The Morgan fingerprint density at radius 2 is 0.843 bits per heavy atom. The van der Waals surface area contributed by atoms with Crippen LogP contribution in [0.1, 0.15) is 154 Å². The van der Waals surface area contributed by atoms with Gasteiger partial charge in [-0.15, -0.1) is 0 Å². The molecule has 0 saturated heterocycles. The van der Waals surface area contributed by atoms with Crippen molar-refractivity contribution >= 4 is 16.1 Å². The van der Waals surface area contributed by atoms with Crippen molar-refractivity contribution in [3.05, 3.63) is 241 Å². The third-order valence-electron chi connectivity index (χ3n) is 17.2. The Balaban J connectivity index is 0.000000225. The second-order valence-corrected chi connectivity index (χ2v) is 25.6. The lowest BCUT2D eigenvalue weighted by atomic mass is 9.76. The Labute approximate surface area is 574 Å². The number of aromatic carboxylic acids is 1. The zero-order valence-electron chi connectivity index (χ0n) is 54.0. The van der Waals surface area contributed by atoms with Crippen LogP contribution in [0.4, 0.5) is 79.0 Å². The predicted octanol–water partition coefficient (Wildman–Crippen LogP) is 18.5. The van der Waals surface area contributed by atoms with Gasteiger partial charge < -0.3 is 25.6 Å². The fourth-order valence-electron chi connectivity index (χ4n) is 12.4. The summed E-state index contributed by atoms with van der Waals surface area (Å²) in [6.07, 6.45) is -15.1. The van der Waals surface area contributed by atoms with Gasteiger partial charge in [-0.3, -0.25) is 8.98 Å². The maximum Gasteiger partial charge on any atom is 0.416 e. The minimum Gasteiger partial charge on any atom is -0.503 e. The summed E-state index contributed by atoms with van der Waals surface area (Å²) in [5.74, 6) is -2.24. The van der Waals surface area contributed by atoms with E-state index in [1.54, 1.807) is 30.3 Å². The van der Waals surface area contributed by atoms with Crippen molar-refractivity contribution in [2.45, 2.75) is 157 Å². The van der Waals surface area contributed by atoms with Crippen molar-refractivity contribution < 1.29 is 112 Å². The van der Waals surface area contributed by atoms with Gasteiger partial charge in [0.25, 0.3) is 10.1 Å². The van der Waals surface area contributed by atoms with E-state index in [1.807, 2.05) is 0 Å². The maximum atomic E-state index is 13.5. The summed E-state index contributed by atoms with van der Waals surface area (Å²) in [4.78, 5) is 23.0. The molecule has 552 valence electrons. The van der Waals surface area contributed by atoms with Gasteiger partial charge in [0.05, 0.1) is 76.8 Å². The summed E-state index contributed by atoms with van der Waals surface area (Å²) in [5.41, 5.74) is -2.03. The molecule has 3 fully saturated rings. The quantitative estimate of drug-likeness (QED) is 0.0666. The SMILES string of the molecule is CS(=O)(=O)OCc1ccccc1C(F)(F)F.N#CC1(c2ccccc2C(F)(F)F)CCCC1.N#CCc1ccccc1C(F)(F)F.NCC1(c2ccccc2C(F)(F)F)CCCC1.O=C(O)c1cn(CC2(c3ccccc3C(F)(F)F)CCCC2)cc(O)c1=O.OCc1ccccc1C(F)(F)F. The molecule has 31 heteroatoms. The Morgan fingerprint density at radius 1 is 0.510 bits per heavy atom. The van der Waals surface area contributed by atoms with Gasteiger partial charge in [0, 0.05) is 36.3 Å². The highest BCUT2D eigenvalue weighted by atomic mass is 32.2. The monoisotopic (exact) mass is 1480 g/mol. The van der Waals surface area contributed by atoms with E-state index >= 15 is 0 Å². The van der Waals surface area contributed by atoms with E-state index in [2.05, 4.69) is 10.3 Å². The van der Waals surface area contributed by atoms with Gasteiger partial charge in [-0.05, 0) is 108 Å². The molecule has 3 aliphatic carbocycles. The zero-order valence-corrected chi connectivity index (χ0v) is 54.9. The summed E-state index contributed by atoms with van der Waals surface area (Å²) < 4.78 is 256. The molecule has 3 aliphatic rings. The number of hydrogen-bond acceptors (Lipinski definition) is 10. The molecule has 0 spiro atoms. The van der Waals surface area contributed by atoms with Crippen molar-refractivity contribution in [2.24, 2.45) is 5.73 Å². The smallest absolute Gasteiger partial charge is 0.416 e. The number of benzene rings is 6. The lowest BCUT2D eigenvalue weighted by Gasteiger charge is -2.33. The molecule has 3 saturated carbocycles. The second kappa shape index (κ2) is 34.8. The van der Waals surface area contributed by atoms with Crippen LogP contribution < -0.4 is 11.2 Å². The standard InChI is InChI=1S/C19H18F3NO4.C13H16F3N.C13H12F3N.C9H6F3N.C9H9F3O3S.C8H7F3O/c20-19(21,22)14-6-2-1-5-13(14)18(7-3-4-8-18)11-23-9-12(17(26)27)16(25)15(24)10-23;2*14-13(15,16)11-6-2-1-5-10(11)12(9-17)7-3-4-8-12;10-9(11,12)8-4-2-1-3-7(8)5-6-13;1-16(13,14)15-6-7-4-2-3-5-8(7)9(10,11)12;9-8(10,11)7-4-2-1-3-6(7)5-12/h1-2,5-6,9-10,24H,3-4,7-8,11H2,(H,26,27);1-2,5-6H,3-4,7-9,17H2;1-2,5-6H,3-4,7-8H2;1-4H,5H2;2-5H,6H2,1H3;1-4,12H,5H2. The molecule has 12 nitrogen and oxygen atoms in total. The lowest BCUT2D eigenvalue weighted by molar-refractivity contribution is -0.139. The van der Waals surface area contributed by atoms with Gasteiger partial charge >= 0.3 is 43.0 Å².